The lowest BCUT2D eigenvalue weighted by Crippen LogP contribution is -1.96. The highest BCUT2D eigenvalue weighted by Crippen LogP contribution is 2.34. The average molecular weight is 614 g/mol. The van der Waals surface area contributed by atoms with Crippen LogP contribution in [0.25, 0.3) is 89.0 Å². The maximum Gasteiger partial charge on any atom is 0.0974 e. The van der Waals surface area contributed by atoms with Crippen LogP contribution in [0.5, 0.6) is 0 Å². The van der Waals surface area contributed by atoms with Crippen molar-refractivity contribution >= 4 is 32.8 Å². The molecule has 48 heavy (non-hydrogen) atoms. The van der Waals surface area contributed by atoms with Gasteiger partial charge in [-0.25, -0.2) is 19.9 Å². The van der Waals surface area contributed by atoms with Crippen molar-refractivity contribution in [3.05, 3.63) is 164 Å². The second-order valence-electron chi connectivity index (χ2n) is 11.8. The number of aromatic nitrogens is 5. The van der Waals surface area contributed by atoms with Crippen LogP contribution in [0.2, 0.25) is 0 Å². The fourth-order valence-corrected chi connectivity index (χ4v) is 6.30. The number of pyridine rings is 3. The summed E-state index contributed by atoms with van der Waals surface area (Å²) in [5.41, 5.74) is 13.3. The van der Waals surface area contributed by atoms with Gasteiger partial charge in [0.1, 0.15) is 0 Å². The van der Waals surface area contributed by atoms with Crippen molar-refractivity contribution in [1.82, 2.24) is 24.9 Å². The number of hydrogen-bond acceptors (Lipinski definition) is 5. The van der Waals surface area contributed by atoms with Gasteiger partial charge in [0.2, 0.25) is 0 Å². The van der Waals surface area contributed by atoms with Gasteiger partial charge in [0.05, 0.1) is 44.8 Å². The second-order valence-corrected chi connectivity index (χ2v) is 11.8. The molecule has 4 heterocycles. The van der Waals surface area contributed by atoms with Crippen LogP contribution in [0, 0.1) is 0 Å². The summed E-state index contributed by atoms with van der Waals surface area (Å²) in [5, 5.41) is 2.13. The van der Waals surface area contributed by atoms with Gasteiger partial charge in [-0.1, -0.05) is 109 Å². The Labute approximate surface area is 277 Å². The van der Waals surface area contributed by atoms with Crippen LogP contribution in [0.3, 0.4) is 0 Å². The molecule has 9 aromatic rings. The van der Waals surface area contributed by atoms with Gasteiger partial charge in [-0.3, -0.25) is 4.98 Å². The highest BCUT2D eigenvalue weighted by atomic mass is 14.8. The van der Waals surface area contributed by atoms with Gasteiger partial charge in [-0.05, 0) is 53.6 Å². The summed E-state index contributed by atoms with van der Waals surface area (Å²) in [7, 11) is 0. The molecule has 5 aromatic carbocycles. The van der Waals surface area contributed by atoms with E-state index in [-0.39, 0.29) is 0 Å². The highest BCUT2D eigenvalue weighted by Gasteiger charge is 2.15. The number of benzene rings is 5. The molecule has 0 saturated heterocycles. The lowest BCUT2D eigenvalue weighted by Gasteiger charge is -2.12. The highest BCUT2D eigenvalue weighted by molar-refractivity contribution is 6.04. The zero-order valence-corrected chi connectivity index (χ0v) is 25.8. The predicted molar refractivity (Wildman–Crippen MR) is 195 cm³/mol. The molecule has 0 bridgehead atoms. The number of fused-ring (bicyclic) bond motifs is 4. The van der Waals surface area contributed by atoms with Gasteiger partial charge < -0.3 is 0 Å². The zero-order valence-electron chi connectivity index (χ0n) is 25.8. The summed E-state index contributed by atoms with van der Waals surface area (Å²) < 4.78 is 0. The Balaban J connectivity index is 1.13. The van der Waals surface area contributed by atoms with Crippen molar-refractivity contribution in [1.29, 1.82) is 0 Å². The Bertz CT molecular complexity index is 2600. The molecular weight excluding hydrogens is 587 g/mol. The maximum atomic E-state index is 5.19. The summed E-state index contributed by atoms with van der Waals surface area (Å²) in [6.45, 7) is 0. The molecule has 0 aliphatic rings. The minimum Gasteiger partial charge on any atom is -0.265 e. The van der Waals surface area contributed by atoms with E-state index < -0.39 is 0 Å². The van der Waals surface area contributed by atoms with Crippen LogP contribution in [-0.2, 0) is 0 Å². The fraction of sp³-hybridized carbons (Fsp3) is 0. The lowest BCUT2D eigenvalue weighted by atomic mass is 9.99. The van der Waals surface area contributed by atoms with Crippen molar-refractivity contribution in [2.24, 2.45) is 0 Å². The summed E-state index contributed by atoms with van der Waals surface area (Å²) in [5.74, 6) is 0. The first-order valence-corrected chi connectivity index (χ1v) is 15.9. The summed E-state index contributed by atoms with van der Waals surface area (Å²) in [6.07, 6.45) is 3.58. The molecule has 0 radical (unpaired) electrons. The first kappa shape index (κ1) is 27.7. The molecule has 9 rings (SSSR count). The van der Waals surface area contributed by atoms with Gasteiger partial charge in [-0.2, -0.15) is 0 Å². The van der Waals surface area contributed by atoms with Crippen molar-refractivity contribution in [2.75, 3.05) is 0 Å². The predicted octanol–water partition coefficient (Wildman–Crippen LogP) is 10.5. The molecule has 4 aromatic heterocycles. The van der Waals surface area contributed by atoms with E-state index in [0.29, 0.717) is 0 Å². The van der Waals surface area contributed by atoms with E-state index in [2.05, 4.69) is 108 Å². The Kier molecular flexibility index (Phi) is 6.72. The van der Waals surface area contributed by atoms with Crippen LogP contribution in [0.15, 0.2) is 164 Å². The smallest absolute Gasteiger partial charge is 0.0974 e. The van der Waals surface area contributed by atoms with E-state index >= 15 is 0 Å². The molecule has 0 unspecified atom stereocenters. The topological polar surface area (TPSA) is 64.5 Å². The van der Waals surface area contributed by atoms with Crippen molar-refractivity contribution in [3.8, 4) is 56.2 Å². The van der Waals surface area contributed by atoms with E-state index in [1.165, 1.54) is 0 Å². The van der Waals surface area contributed by atoms with Gasteiger partial charge in [0.25, 0.3) is 0 Å². The quantitative estimate of drug-likeness (QED) is 0.181. The molecule has 0 atom stereocenters. The average Bonchev–Trinajstić information content (AvgIpc) is 3.18. The fourth-order valence-electron chi connectivity index (χ4n) is 6.30. The molecule has 0 amide bonds. The largest absolute Gasteiger partial charge is 0.265 e. The SMILES string of the molecule is c1ccc(-c2ccc3ccc4ccc(-c5cccc(-c6ccc7nc(-c8ccccc8)c(-c8ccncc8)nc7c6)c5)nc4c3n2)cc1. The van der Waals surface area contributed by atoms with Crippen LogP contribution >= 0.6 is 0 Å². The minimum absolute atomic E-state index is 0.832. The summed E-state index contributed by atoms with van der Waals surface area (Å²) >= 11 is 0. The second kappa shape index (κ2) is 11.6. The van der Waals surface area contributed by atoms with E-state index in [1.807, 2.05) is 48.5 Å². The number of hydrogen-bond donors (Lipinski definition) is 0. The van der Waals surface area contributed by atoms with E-state index in [0.717, 1.165) is 89.0 Å². The van der Waals surface area contributed by atoms with Crippen LogP contribution in [0.4, 0.5) is 0 Å². The Morgan fingerprint density at radius 2 is 0.833 bits per heavy atom. The third-order valence-corrected chi connectivity index (χ3v) is 8.75. The summed E-state index contributed by atoms with van der Waals surface area (Å²) in [6, 6.07) is 51.9. The van der Waals surface area contributed by atoms with Gasteiger partial charge >= 0.3 is 0 Å². The van der Waals surface area contributed by atoms with Gasteiger partial charge in [-0.15, -0.1) is 0 Å². The molecule has 0 spiro atoms. The van der Waals surface area contributed by atoms with Crippen LogP contribution < -0.4 is 0 Å². The van der Waals surface area contributed by atoms with E-state index in [1.54, 1.807) is 12.4 Å². The normalized spacial score (nSPS) is 11.3. The van der Waals surface area contributed by atoms with Gasteiger partial charge in [0, 0.05) is 45.4 Å². The van der Waals surface area contributed by atoms with Crippen molar-refractivity contribution in [3.63, 3.8) is 0 Å². The molecule has 0 saturated carbocycles. The van der Waals surface area contributed by atoms with Gasteiger partial charge in [0.15, 0.2) is 0 Å². The zero-order chi connectivity index (χ0) is 31.9. The monoisotopic (exact) mass is 613 g/mol. The number of rotatable bonds is 5. The molecule has 0 aliphatic carbocycles. The Morgan fingerprint density at radius 3 is 1.52 bits per heavy atom. The maximum absolute atomic E-state index is 5.19. The van der Waals surface area contributed by atoms with E-state index in [4.69, 9.17) is 19.9 Å². The Morgan fingerprint density at radius 1 is 0.312 bits per heavy atom. The van der Waals surface area contributed by atoms with Crippen LogP contribution in [0.1, 0.15) is 0 Å². The first-order valence-electron chi connectivity index (χ1n) is 15.9. The molecule has 0 fully saturated rings. The molecular formula is C43H27N5. The molecule has 0 N–H and O–H groups in total. The third-order valence-electron chi connectivity index (χ3n) is 8.75. The minimum atomic E-state index is 0.832. The van der Waals surface area contributed by atoms with Crippen LogP contribution in [-0.4, -0.2) is 24.9 Å². The molecule has 224 valence electrons. The van der Waals surface area contributed by atoms with E-state index in [9.17, 15) is 0 Å². The standard InChI is InChI=1S/C43H27N5/c1-3-8-28(9-4-1)36-19-16-30-14-15-31-17-20-37(46-42(31)41(30)45-36)35-13-7-12-33(26-35)34-18-21-38-39(27-34)48-43(32-22-24-44-25-23-32)40(47-38)29-10-5-2-6-11-29/h1-27H. The molecule has 5 heteroatoms. The van der Waals surface area contributed by atoms with Crippen molar-refractivity contribution < 1.29 is 0 Å². The first-order chi connectivity index (χ1) is 23.8. The number of nitrogens with zero attached hydrogens (tertiary/aromatic N) is 5. The molecule has 5 nitrogen and oxygen atoms in total. The summed E-state index contributed by atoms with van der Waals surface area (Å²) in [4.78, 5) is 24.8. The van der Waals surface area contributed by atoms with Crippen molar-refractivity contribution in [2.45, 2.75) is 0 Å². The third kappa shape index (κ3) is 5.04. The Hall–Kier alpha value is -6.59. The lowest BCUT2D eigenvalue weighted by molar-refractivity contribution is 1.27. The molecule has 0 aliphatic heterocycles.